The van der Waals surface area contributed by atoms with Crippen molar-refractivity contribution in [2.75, 3.05) is 23.5 Å². The van der Waals surface area contributed by atoms with E-state index >= 15 is 0 Å². The van der Waals surface area contributed by atoms with Crippen LogP contribution in [0.25, 0.3) is 10.2 Å². The van der Waals surface area contributed by atoms with Crippen molar-refractivity contribution in [1.82, 2.24) is 9.97 Å². The molecule has 0 aliphatic rings. The van der Waals surface area contributed by atoms with Crippen LogP contribution >= 0.6 is 23.1 Å². The minimum absolute atomic E-state index is 0.455. The maximum Gasteiger partial charge on any atom is 0.240 e. The maximum atomic E-state index is 5.43. The van der Waals surface area contributed by atoms with Gasteiger partial charge >= 0.3 is 0 Å². The lowest BCUT2D eigenvalue weighted by Crippen LogP contribution is -2.16. The summed E-state index contributed by atoms with van der Waals surface area (Å²) in [4.78, 5) is 11.1. The standard InChI is InChI=1S/C12H19N5S2/c1-4-8-5-9-10(14-6-7(2)18-3)15-12(17-13)16-11(9)19-8/h5,7H,4,6,13H2,1-3H3,(H2,14,15,16,17). The van der Waals surface area contributed by atoms with E-state index in [4.69, 9.17) is 5.84 Å². The molecule has 2 rings (SSSR count). The summed E-state index contributed by atoms with van der Waals surface area (Å²) in [5.41, 5.74) is 2.53. The third-order valence-electron chi connectivity index (χ3n) is 2.88. The number of thioether (sulfide) groups is 1. The monoisotopic (exact) mass is 297 g/mol. The van der Waals surface area contributed by atoms with Gasteiger partial charge in [0, 0.05) is 16.7 Å². The first-order valence-electron chi connectivity index (χ1n) is 6.21. The Morgan fingerprint density at radius 3 is 2.89 bits per heavy atom. The van der Waals surface area contributed by atoms with Gasteiger partial charge < -0.3 is 5.32 Å². The molecule has 2 aromatic rings. The lowest BCUT2D eigenvalue weighted by Gasteiger charge is -2.11. The second-order valence-corrected chi connectivity index (χ2v) is 6.64. The summed E-state index contributed by atoms with van der Waals surface area (Å²) in [7, 11) is 0. The van der Waals surface area contributed by atoms with Gasteiger partial charge in [-0.3, -0.25) is 5.43 Å². The number of aryl methyl sites for hydroxylation is 1. The summed E-state index contributed by atoms with van der Waals surface area (Å²) in [6.45, 7) is 5.20. The molecule has 1 unspecified atom stereocenters. The molecule has 0 fully saturated rings. The van der Waals surface area contributed by atoms with Crippen molar-refractivity contribution >= 4 is 45.1 Å². The zero-order valence-corrected chi connectivity index (χ0v) is 13.0. The SMILES string of the molecule is CCc1cc2c(NCC(C)SC)nc(NN)nc2s1. The largest absolute Gasteiger partial charge is 0.368 e. The van der Waals surface area contributed by atoms with Gasteiger partial charge in [0.15, 0.2) is 0 Å². The van der Waals surface area contributed by atoms with Crippen LogP contribution in [0.4, 0.5) is 11.8 Å². The number of anilines is 2. The molecule has 0 radical (unpaired) electrons. The number of hydrazine groups is 1. The van der Waals surface area contributed by atoms with E-state index in [0.29, 0.717) is 11.2 Å². The maximum absolute atomic E-state index is 5.43. The molecule has 1 atom stereocenters. The Labute approximate surface area is 121 Å². The highest BCUT2D eigenvalue weighted by atomic mass is 32.2. The molecule has 2 heterocycles. The van der Waals surface area contributed by atoms with Crippen LogP contribution in [0.5, 0.6) is 0 Å². The third kappa shape index (κ3) is 3.29. The van der Waals surface area contributed by atoms with Gasteiger partial charge in [-0.05, 0) is 18.7 Å². The number of hydrogen-bond donors (Lipinski definition) is 3. The molecular weight excluding hydrogens is 278 g/mol. The molecule has 2 aromatic heterocycles. The number of nitrogens with zero attached hydrogens (tertiary/aromatic N) is 2. The molecule has 0 aromatic carbocycles. The van der Waals surface area contributed by atoms with Gasteiger partial charge in [0.25, 0.3) is 0 Å². The number of nitrogens with one attached hydrogen (secondary N) is 2. The smallest absolute Gasteiger partial charge is 0.240 e. The summed E-state index contributed by atoms with van der Waals surface area (Å²) in [6.07, 6.45) is 3.11. The number of aromatic nitrogens is 2. The second-order valence-electron chi connectivity index (χ2n) is 4.25. The van der Waals surface area contributed by atoms with E-state index in [2.05, 4.69) is 46.9 Å². The molecule has 0 amide bonds. The Hall–Kier alpha value is -1.05. The average Bonchev–Trinajstić information content (AvgIpc) is 2.86. The zero-order valence-electron chi connectivity index (χ0n) is 11.4. The Balaban J connectivity index is 2.35. The van der Waals surface area contributed by atoms with E-state index in [0.717, 1.165) is 29.0 Å². The van der Waals surface area contributed by atoms with Crippen molar-refractivity contribution in [2.24, 2.45) is 5.84 Å². The fraction of sp³-hybridized carbons (Fsp3) is 0.500. The summed E-state index contributed by atoms with van der Waals surface area (Å²) in [5, 5.41) is 5.00. The quantitative estimate of drug-likeness (QED) is 0.562. The summed E-state index contributed by atoms with van der Waals surface area (Å²) < 4.78 is 0. The van der Waals surface area contributed by atoms with Crippen molar-refractivity contribution in [3.05, 3.63) is 10.9 Å². The van der Waals surface area contributed by atoms with E-state index in [9.17, 15) is 0 Å². The van der Waals surface area contributed by atoms with Crippen LogP contribution in [-0.2, 0) is 6.42 Å². The van der Waals surface area contributed by atoms with Gasteiger partial charge in [0.1, 0.15) is 10.6 Å². The van der Waals surface area contributed by atoms with Crippen LogP contribution in [-0.4, -0.2) is 28.0 Å². The Morgan fingerprint density at radius 1 is 1.47 bits per heavy atom. The van der Waals surface area contributed by atoms with E-state index in [1.807, 2.05) is 11.8 Å². The van der Waals surface area contributed by atoms with Crippen LogP contribution in [0.15, 0.2) is 6.07 Å². The molecule has 19 heavy (non-hydrogen) atoms. The summed E-state index contributed by atoms with van der Waals surface area (Å²) in [6, 6.07) is 2.16. The van der Waals surface area contributed by atoms with Gasteiger partial charge in [0.05, 0.1) is 5.39 Å². The highest BCUT2D eigenvalue weighted by molar-refractivity contribution is 7.99. The number of nitrogen functional groups attached to an aromatic ring is 1. The van der Waals surface area contributed by atoms with Gasteiger partial charge in [-0.2, -0.15) is 16.7 Å². The van der Waals surface area contributed by atoms with Crippen LogP contribution in [0, 0.1) is 0 Å². The predicted octanol–water partition coefficient (Wildman–Crippen LogP) is 2.70. The molecule has 5 nitrogen and oxygen atoms in total. The predicted molar refractivity (Wildman–Crippen MR) is 86.1 cm³/mol. The van der Waals surface area contributed by atoms with E-state index in [1.165, 1.54) is 4.88 Å². The minimum atomic E-state index is 0.455. The van der Waals surface area contributed by atoms with Gasteiger partial charge in [0.2, 0.25) is 5.95 Å². The molecule has 0 saturated carbocycles. The van der Waals surface area contributed by atoms with Crippen molar-refractivity contribution in [3.8, 4) is 0 Å². The number of rotatable bonds is 6. The van der Waals surface area contributed by atoms with Gasteiger partial charge in [-0.1, -0.05) is 13.8 Å². The molecule has 0 saturated heterocycles. The van der Waals surface area contributed by atoms with Crippen molar-refractivity contribution < 1.29 is 0 Å². The summed E-state index contributed by atoms with van der Waals surface area (Å²) in [5.74, 6) is 6.74. The number of thiophene rings is 1. The first-order chi connectivity index (χ1) is 9.17. The van der Waals surface area contributed by atoms with Crippen LogP contribution in [0.3, 0.4) is 0 Å². The highest BCUT2D eigenvalue weighted by Gasteiger charge is 2.11. The van der Waals surface area contributed by atoms with E-state index < -0.39 is 0 Å². The molecule has 0 bridgehead atoms. The molecule has 104 valence electrons. The molecule has 0 aliphatic heterocycles. The fourth-order valence-electron chi connectivity index (χ4n) is 1.67. The molecule has 0 spiro atoms. The van der Waals surface area contributed by atoms with Crippen molar-refractivity contribution in [3.63, 3.8) is 0 Å². The average molecular weight is 297 g/mol. The third-order valence-corrected chi connectivity index (χ3v) is 5.03. The molecule has 0 aliphatic carbocycles. The second kappa shape index (κ2) is 6.40. The molecule has 4 N–H and O–H groups in total. The Morgan fingerprint density at radius 2 is 2.26 bits per heavy atom. The van der Waals surface area contributed by atoms with Crippen molar-refractivity contribution in [1.29, 1.82) is 0 Å². The fourth-order valence-corrected chi connectivity index (χ4v) is 2.89. The molecular formula is C12H19N5S2. The molecule has 7 heteroatoms. The van der Waals surface area contributed by atoms with Crippen LogP contribution in [0.2, 0.25) is 0 Å². The van der Waals surface area contributed by atoms with E-state index in [1.54, 1.807) is 11.3 Å². The number of hydrogen-bond acceptors (Lipinski definition) is 7. The van der Waals surface area contributed by atoms with Crippen LogP contribution < -0.4 is 16.6 Å². The summed E-state index contributed by atoms with van der Waals surface area (Å²) >= 11 is 3.51. The zero-order chi connectivity index (χ0) is 13.8. The first kappa shape index (κ1) is 14.4. The normalized spacial score (nSPS) is 12.6. The van der Waals surface area contributed by atoms with Crippen molar-refractivity contribution in [2.45, 2.75) is 25.5 Å². The lowest BCUT2D eigenvalue weighted by molar-refractivity contribution is 0.991. The highest BCUT2D eigenvalue weighted by Crippen LogP contribution is 2.30. The first-order valence-corrected chi connectivity index (χ1v) is 8.32. The van der Waals surface area contributed by atoms with E-state index in [-0.39, 0.29) is 0 Å². The Bertz CT molecular complexity index is 554. The van der Waals surface area contributed by atoms with Crippen LogP contribution in [0.1, 0.15) is 18.7 Å². The Kier molecular flexibility index (Phi) is 4.84. The minimum Gasteiger partial charge on any atom is -0.368 e. The topological polar surface area (TPSA) is 75.9 Å². The lowest BCUT2D eigenvalue weighted by atomic mass is 10.3. The van der Waals surface area contributed by atoms with Gasteiger partial charge in [-0.15, -0.1) is 11.3 Å². The number of fused-ring (bicyclic) bond motifs is 1. The number of nitrogens with two attached hydrogens (primary N) is 1. The van der Waals surface area contributed by atoms with Gasteiger partial charge in [-0.25, -0.2) is 10.8 Å².